The maximum atomic E-state index is 10.1. The van der Waals surface area contributed by atoms with Crippen molar-refractivity contribution in [3.63, 3.8) is 0 Å². The van der Waals surface area contributed by atoms with Crippen molar-refractivity contribution < 1.29 is 5.11 Å². The van der Waals surface area contributed by atoms with Crippen LogP contribution < -0.4 is 5.32 Å². The van der Waals surface area contributed by atoms with Crippen LogP contribution in [0, 0.1) is 5.92 Å². The Hall–Kier alpha value is -1.02. The van der Waals surface area contributed by atoms with Gasteiger partial charge in [0.05, 0.1) is 0 Å². The molecule has 1 aromatic carbocycles. The summed E-state index contributed by atoms with van der Waals surface area (Å²) < 4.78 is 0. The summed E-state index contributed by atoms with van der Waals surface area (Å²) in [5.74, 6) is 1.06. The molecular formula is C15H23NO. The van der Waals surface area contributed by atoms with E-state index in [0.717, 1.165) is 24.9 Å². The molecule has 0 aromatic heterocycles. The molecule has 1 atom stereocenters. The summed E-state index contributed by atoms with van der Waals surface area (Å²) in [6.45, 7) is 5.55. The van der Waals surface area contributed by atoms with Gasteiger partial charge in [-0.2, -0.15) is 0 Å². The summed E-state index contributed by atoms with van der Waals surface area (Å²) in [4.78, 5) is 0. The lowest BCUT2D eigenvalue weighted by Gasteiger charge is -2.40. The van der Waals surface area contributed by atoms with Crippen LogP contribution in [0.25, 0.3) is 0 Å². The van der Waals surface area contributed by atoms with Gasteiger partial charge in [0.25, 0.3) is 0 Å². The van der Waals surface area contributed by atoms with Gasteiger partial charge >= 0.3 is 0 Å². The normalized spacial score (nSPS) is 25.1. The van der Waals surface area contributed by atoms with Crippen molar-refractivity contribution in [2.75, 3.05) is 6.54 Å². The average molecular weight is 233 g/mol. The third kappa shape index (κ3) is 2.63. The number of hydrogen-bond acceptors (Lipinski definition) is 2. The molecular weight excluding hydrogens is 210 g/mol. The molecule has 2 rings (SSSR count). The quantitative estimate of drug-likeness (QED) is 0.838. The van der Waals surface area contributed by atoms with E-state index in [9.17, 15) is 5.11 Å². The Labute approximate surface area is 104 Å². The van der Waals surface area contributed by atoms with E-state index in [4.69, 9.17) is 0 Å². The molecule has 0 bridgehead atoms. The number of aromatic hydroxyl groups is 1. The third-order valence-corrected chi connectivity index (χ3v) is 3.67. The number of phenolic OH excluding ortho intramolecular Hbond substituents is 1. The number of piperidine rings is 1. The summed E-state index contributed by atoms with van der Waals surface area (Å²) in [6.07, 6.45) is 4.70. The predicted molar refractivity (Wildman–Crippen MR) is 71.1 cm³/mol. The van der Waals surface area contributed by atoms with Gasteiger partial charge in [0, 0.05) is 11.1 Å². The first-order valence-electron chi connectivity index (χ1n) is 6.67. The number of benzene rings is 1. The van der Waals surface area contributed by atoms with Gasteiger partial charge in [0.2, 0.25) is 0 Å². The Morgan fingerprint density at radius 2 is 2.06 bits per heavy atom. The SMILES string of the molecule is CC(C)CC1(c2ccccc2O)CCCCN1. The summed E-state index contributed by atoms with van der Waals surface area (Å²) in [5, 5.41) is 13.8. The van der Waals surface area contributed by atoms with Crippen LogP contribution in [0.3, 0.4) is 0 Å². The second kappa shape index (κ2) is 5.09. The molecule has 1 aromatic rings. The van der Waals surface area contributed by atoms with Crippen LogP contribution in [0.1, 0.15) is 45.1 Å². The van der Waals surface area contributed by atoms with Crippen molar-refractivity contribution in [3.05, 3.63) is 29.8 Å². The Bertz CT molecular complexity index is 367. The van der Waals surface area contributed by atoms with Crippen LogP contribution in [0.2, 0.25) is 0 Å². The predicted octanol–water partition coefficient (Wildman–Crippen LogP) is 3.41. The minimum Gasteiger partial charge on any atom is -0.508 e. The van der Waals surface area contributed by atoms with Gasteiger partial charge in [0.15, 0.2) is 0 Å². The minimum atomic E-state index is -0.0161. The fourth-order valence-corrected chi connectivity index (χ4v) is 3.06. The molecule has 2 N–H and O–H groups in total. The Kier molecular flexibility index (Phi) is 3.72. The summed E-state index contributed by atoms with van der Waals surface area (Å²) in [6, 6.07) is 7.78. The van der Waals surface area contributed by atoms with Crippen molar-refractivity contribution in [3.8, 4) is 5.75 Å². The Morgan fingerprint density at radius 3 is 2.65 bits per heavy atom. The first-order valence-corrected chi connectivity index (χ1v) is 6.67. The maximum Gasteiger partial charge on any atom is 0.120 e. The van der Waals surface area contributed by atoms with Crippen molar-refractivity contribution in [2.45, 2.75) is 45.1 Å². The highest BCUT2D eigenvalue weighted by atomic mass is 16.3. The van der Waals surface area contributed by atoms with E-state index in [-0.39, 0.29) is 5.54 Å². The van der Waals surface area contributed by atoms with Crippen LogP contribution in [-0.2, 0) is 5.54 Å². The number of para-hydroxylation sites is 1. The van der Waals surface area contributed by atoms with Crippen molar-refractivity contribution in [1.82, 2.24) is 5.32 Å². The van der Waals surface area contributed by atoms with E-state index >= 15 is 0 Å². The van der Waals surface area contributed by atoms with E-state index in [2.05, 4.69) is 25.2 Å². The largest absolute Gasteiger partial charge is 0.508 e. The summed E-state index contributed by atoms with van der Waals surface area (Å²) in [5.41, 5.74) is 1.06. The monoisotopic (exact) mass is 233 g/mol. The molecule has 1 fully saturated rings. The molecule has 2 heteroatoms. The molecule has 0 aliphatic carbocycles. The van der Waals surface area contributed by atoms with Gasteiger partial charge in [0.1, 0.15) is 5.75 Å². The van der Waals surface area contributed by atoms with Gasteiger partial charge in [-0.05, 0) is 37.8 Å². The topological polar surface area (TPSA) is 32.3 Å². The fraction of sp³-hybridized carbons (Fsp3) is 0.600. The second-order valence-corrected chi connectivity index (χ2v) is 5.58. The van der Waals surface area contributed by atoms with Gasteiger partial charge in [-0.15, -0.1) is 0 Å². The van der Waals surface area contributed by atoms with Crippen LogP contribution >= 0.6 is 0 Å². The average Bonchev–Trinajstić information content (AvgIpc) is 2.29. The van der Waals surface area contributed by atoms with Crippen molar-refractivity contribution in [2.24, 2.45) is 5.92 Å². The Morgan fingerprint density at radius 1 is 1.29 bits per heavy atom. The van der Waals surface area contributed by atoms with E-state index in [1.165, 1.54) is 12.8 Å². The smallest absolute Gasteiger partial charge is 0.120 e. The summed E-state index contributed by atoms with van der Waals surface area (Å²) in [7, 11) is 0. The van der Waals surface area contributed by atoms with Gasteiger partial charge in [-0.3, -0.25) is 0 Å². The van der Waals surface area contributed by atoms with Crippen LogP contribution in [0.4, 0.5) is 0 Å². The molecule has 0 saturated carbocycles. The first kappa shape index (κ1) is 12.4. The summed E-state index contributed by atoms with van der Waals surface area (Å²) >= 11 is 0. The lowest BCUT2D eigenvalue weighted by molar-refractivity contribution is 0.208. The molecule has 94 valence electrons. The third-order valence-electron chi connectivity index (χ3n) is 3.67. The number of hydrogen-bond donors (Lipinski definition) is 2. The first-order chi connectivity index (χ1) is 8.14. The van der Waals surface area contributed by atoms with Gasteiger partial charge < -0.3 is 10.4 Å². The molecule has 1 aliphatic heterocycles. The van der Waals surface area contributed by atoms with E-state index in [1.54, 1.807) is 6.07 Å². The highest BCUT2D eigenvalue weighted by Gasteiger charge is 2.35. The molecule has 0 amide bonds. The molecule has 1 saturated heterocycles. The molecule has 17 heavy (non-hydrogen) atoms. The fourth-order valence-electron chi connectivity index (χ4n) is 3.06. The van der Waals surface area contributed by atoms with Crippen LogP contribution in [0.15, 0.2) is 24.3 Å². The zero-order valence-corrected chi connectivity index (χ0v) is 10.9. The lowest BCUT2D eigenvalue weighted by atomic mass is 9.76. The number of nitrogens with one attached hydrogen (secondary N) is 1. The molecule has 1 unspecified atom stereocenters. The second-order valence-electron chi connectivity index (χ2n) is 5.58. The zero-order valence-electron chi connectivity index (χ0n) is 10.9. The van der Waals surface area contributed by atoms with E-state index in [1.807, 2.05) is 12.1 Å². The van der Waals surface area contributed by atoms with Gasteiger partial charge in [-0.25, -0.2) is 0 Å². The molecule has 0 radical (unpaired) electrons. The molecule has 1 aliphatic rings. The number of rotatable bonds is 3. The highest BCUT2D eigenvalue weighted by Crippen LogP contribution is 2.39. The molecule has 0 spiro atoms. The van der Waals surface area contributed by atoms with Crippen molar-refractivity contribution >= 4 is 0 Å². The number of phenols is 1. The van der Waals surface area contributed by atoms with E-state index in [0.29, 0.717) is 11.7 Å². The van der Waals surface area contributed by atoms with Crippen molar-refractivity contribution in [1.29, 1.82) is 0 Å². The Balaban J connectivity index is 2.35. The van der Waals surface area contributed by atoms with Crippen LogP contribution in [-0.4, -0.2) is 11.7 Å². The minimum absolute atomic E-state index is 0.0161. The van der Waals surface area contributed by atoms with Crippen LogP contribution in [0.5, 0.6) is 5.75 Å². The highest BCUT2D eigenvalue weighted by molar-refractivity contribution is 5.38. The standard InChI is InChI=1S/C15H23NO/c1-12(2)11-15(9-5-6-10-16-15)13-7-3-4-8-14(13)17/h3-4,7-8,12,16-17H,5-6,9-11H2,1-2H3. The maximum absolute atomic E-state index is 10.1. The zero-order chi connectivity index (χ0) is 12.3. The van der Waals surface area contributed by atoms with E-state index < -0.39 is 0 Å². The molecule has 1 heterocycles. The lowest BCUT2D eigenvalue weighted by Crippen LogP contribution is -2.46. The molecule has 2 nitrogen and oxygen atoms in total. The van der Waals surface area contributed by atoms with Gasteiger partial charge in [-0.1, -0.05) is 38.5 Å².